The van der Waals surface area contributed by atoms with Crippen LogP contribution >= 0.6 is 12.2 Å². The number of aliphatic hydroxyl groups is 1. The van der Waals surface area contributed by atoms with Gasteiger partial charge in [-0.25, -0.2) is 4.39 Å². The molecular weight excluding hydrogens is 367 g/mol. The largest absolute Gasteiger partial charge is 0.396 e. The van der Waals surface area contributed by atoms with Gasteiger partial charge in [0.05, 0.1) is 19.3 Å². The highest BCUT2D eigenvalue weighted by Gasteiger charge is 2.52. The van der Waals surface area contributed by atoms with Crippen molar-refractivity contribution in [3.05, 3.63) is 71.5 Å². The number of aliphatic hydroxyl groups excluding tert-OH is 1. The van der Waals surface area contributed by atoms with Gasteiger partial charge >= 0.3 is 0 Å². The lowest BCUT2D eigenvalue weighted by atomic mass is 9.76. The first-order valence-corrected chi connectivity index (χ1v) is 9.06. The minimum Gasteiger partial charge on any atom is -0.396 e. The SMILES string of the molecule is C[C@H]1OC[C@@H](CO)[C@]1(NC(=S)NC(=O)c1ccccc1)c1ccccc1F. The Hall–Kier alpha value is -2.35. The third-order valence-corrected chi connectivity index (χ3v) is 5.16. The van der Waals surface area contributed by atoms with Crippen molar-refractivity contribution >= 4 is 23.2 Å². The predicted molar refractivity (Wildman–Crippen MR) is 104 cm³/mol. The highest BCUT2D eigenvalue weighted by Crippen LogP contribution is 2.41. The third-order valence-electron chi connectivity index (χ3n) is 4.96. The summed E-state index contributed by atoms with van der Waals surface area (Å²) in [6, 6.07) is 14.9. The van der Waals surface area contributed by atoms with Crippen LogP contribution in [0.3, 0.4) is 0 Å². The number of ether oxygens (including phenoxy) is 1. The van der Waals surface area contributed by atoms with Crippen LogP contribution in [0.4, 0.5) is 4.39 Å². The zero-order chi connectivity index (χ0) is 19.4. The molecule has 1 fully saturated rings. The first kappa shape index (κ1) is 19.4. The first-order chi connectivity index (χ1) is 13.0. The average molecular weight is 388 g/mol. The van der Waals surface area contributed by atoms with Gasteiger partial charge in [0.1, 0.15) is 11.4 Å². The molecule has 2 aromatic carbocycles. The fourth-order valence-electron chi connectivity index (χ4n) is 3.54. The smallest absolute Gasteiger partial charge is 0.257 e. The van der Waals surface area contributed by atoms with Gasteiger partial charge in [0.2, 0.25) is 0 Å². The van der Waals surface area contributed by atoms with Crippen LogP contribution in [-0.4, -0.2) is 35.4 Å². The maximum Gasteiger partial charge on any atom is 0.257 e. The molecule has 0 bridgehead atoms. The van der Waals surface area contributed by atoms with Gasteiger partial charge in [-0.05, 0) is 37.3 Å². The van der Waals surface area contributed by atoms with Crippen LogP contribution in [-0.2, 0) is 10.3 Å². The molecule has 0 aliphatic carbocycles. The molecule has 27 heavy (non-hydrogen) atoms. The molecule has 3 rings (SSSR count). The van der Waals surface area contributed by atoms with Crippen molar-refractivity contribution in [1.82, 2.24) is 10.6 Å². The Morgan fingerprint density at radius 2 is 1.93 bits per heavy atom. The van der Waals surface area contributed by atoms with E-state index in [1.807, 2.05) is 6.07 Å². The molecule has 3 N–H and O–H groups in total. The van der Waals surface area contributed by atoms with Crippen LogP contribution in [0, 0.1) is 11.7 Å². The van der Waals surface area contributed by atoms with Crippen LogP contribution in [0.1, 0.15) is 22.8 Å². The van der Waals surface area contributed by atoms with Gasteiger partial charge < -0.3 is 15.2 Å². The molecule has 3 atom stereocenters. The molecule has 1 aliphatic rings. The Bertz CT molecular complexity index is 833. The van der Waals surface area contributed by atoms with Gasteiger partial charge in [-0.2, -0.15) is 0 Å². The van der Waals surface area contributed by atoms with Gasteiger partial charge in [-0.3, -0.25) is 10.1 Å². The number of hydrogen-bond acceptors (Lipinski definition) is 4. The highest BCUT2D eigenvalue weighted by atomic mass is 32.1. The second-order valence-corrected chi connectivity index (χ2v) is 6.89. The first-order valence-electron chi connectivity index (χ1n) is 8.65. The fraction of sp³-hybridized carbons (Fsp3) is 0.300. The molecule has 1 aliphatic heterocycles. The molecule has 5 nitrogen and oxygen atoms in total. The number of hydrogen-bond donors (Lipinski definition) is 3. The van der Waals surface area contributed by atoms with E-state index in [0.29, 0.717) is 11.1 Å². The Labute approximate surface area is 162 Å². The zero-order valence-corrected chi connectivity index (χ0v) is 15.6. The molecule has 0 unspecified atom stereocenters. The summed E-state index contributed by atoms with van der Waals surface area (Å²) < 4.78 is 20.4. The monoisotopic (exact) mass is 388 g/mol. The Morgan fingerprint density at radius 3 is 2.59 bits per heavy atom. The van der Waals surface area contributed by atoms with Crippen LogP contribution < -0.4 is 10.6 Å². The van der Waals surface area contributed by atoms with Crippen molar-refractivity contribution in [2.75, 3.05) is 13.2 Å². The summed E-state index contributed by atoms with van der Waals surface area (Å²) in [4.78, 5) is 12.4. The van der Waals surface area contributed by atoms with E-state index in [-0.39, 0.29) is 24.2 Å². The number of halogens is 1. The second-order valence-electron chi connectivity index (χ2n) is 6.48. The van der Waals surface area contributed by atoms with E-state index in [1.165, 1.54) is 6.07 Å². The summed E-state index contributed by atoms with van der Waals surface area (Å²) in [5.74, 6) is -1.24. The molecule has 7 heteroatoms. The molecule has 0 aromatic heterocycles. The topological polar surface area (TPSA) is 70.6 Å². The molecule has 0 saturated carbocycles. The Balaban J connectivity index is 1.90. The van der Waals surface area contributed by atoms with Gasteiger partial charge in [0, 0.05) is 17.0 Å². The molecule has 2 aromatic rings. The molecule has 0 spiro atoms. The summed E-state index contributed by atoms with van der Waals surface area (Å²) >= 11 is 5.33. The van der Waals surface area contributed by atoms with E-state index in [9.17, 15) is 14.3 Å². The van der Waals surface area contributed by atoms with Crippen molar-refractivity contribution in [2.45, 2.75) is 18.6 Å². The van der Waals surface area contributed by atoms with Crippen LogP contribution in [0.5, 0.6) is 0 Å². The number of benzene rings is 2. The Morgan fingerprint density at radius 1 is 1.26 bits per heavy atom. The van der Waals surface area contributed by atoms with Gasteiger partial charge in [-0.1, -0.05) is 36.4 Å². The molecule has 1 heterocycles. The predicted octanol–water partition coefficient (Wildman–Crippen LogP) is 2.35. The molecule has 1 amide bonds. The van der Waals surface area contributed by atoms with E-state index < -0.39 is 23.4 Å². The van der Waals surface area contributed by atoms with Crippen LogP contribution in [0.15, 0.2) is 54.6 Å². The summed E-state index contributed by atoms with van der Waals surface area (Å²) in [5, 5.41) is 15.6. The molecule has 0 radical (unpaired) electrons. The van der Waals surface area contributed by atoms with E-state index in [0.717, 1.165) is 0 Å². The lowest BCUT2D eigenvalue weighted by Gasteiger charge is -2.39. The number of carbonyl (C=O) groups excluding carboxylic acids is 1. The number of amides is 1. The number of rotatable bonds is 4. The maximum atomic E-state index is 14.6. The number of nitrogens with one attached hydrogen (secondary N) is 2. The minimum atomic E-state index is -1.10. The van der Waals surface area contributed by atoms with E-state index in [4.69, 9.17) is 17.0 Å². The second kappa shape index (κ2) is 8.12. The molecule has 1 saturated heterocycles. The van der Waals surface area contributed by atoms with Crippen molar-refractivity contribution in [3.63, 3.8) is 0 Å². The van der Waals surface area contributed by atoms with E-state index >= 15 is 0 Å². The highest BCUT2D eigenvalue weighted by molar-refractivity contribution is 7.80. The normalized spacial score (nSPS) is 24.4. The fourth-order valence-corrected chi connectivity index (χ4v) is 3.80. The lowest BCUT2D eigenvalue weighted by Crippen LogP contribution is -2.58. The van der Waals surface area contributed by atoms with Gasteiger partial charge in [0.15, 0.2) is 5.11 Å². The quantitative estimate of drug-likeness (QED) is 0.702. The minimum absolute atomic E-state index is 0.0444. The summed E-state index contributed by atoms with van der Waals surface area (Å²) in [7, 11) is 0. The third kappa shape index (κ3) is 3.71. The van der Waals surface area contributed by atoms with Crippen LogP contribution in [0.25, 0.3) is 0 Å². The van der Waals surface area contributed by atoms with Crippen molar-refractivity contribution in [3.8, 4) is 0 Å². The number of thiocarbonyl (C=S) groups is 1. The summed E-state index contributed by atoms with van der Waals surface area (Å²) in [5.41, 5.74) is -0.303. The molecule has 142 valence electrons. The van der Waals surface area contributed by atoms with Crippen molar-refractivity contribution < 1.29 is 19.0 Å². The lowest BCUT2D eigenvalue weighted by molar-refractivity contribution is 0.0865. The van der Waals surface area contributed by atoms with E-state index in [1.54, 1.807) is 49.4 Å². The van der Waals surface area contributed by atoms with Crippen LogP contribution in [0.2, 0.25) is 0 Å². The van der Waals surface area contributed by atoms with Gasteiger partial charge in [0.25, 0.3) is 5.91 Å². The maximum absolute atomic E-state index is 14.6. The van der Waals surface area contributed by atoms with Crippen molar-refractivity contribution in [1.29, 1.82) is 0 Å². The van der Waals surface area contributed by atoms with Gasteiger partial charge in [-0.15, -0.1) is 0 Å². The average Bonchev–Trinajstić information content (AvgIpc) is 2.98. The summed E-state index contributed by atoms with van der Waals surface area (Å²) in [6.45, 7) is 1.81. The number of carbonyl (C=O) groups is 1. The summed E-state index contributed by atoms with van der Waals surface area (Å²) in [6.07, 6.45) is -0.474. The zero-order valence-electron chi connectivity index (χ0n) is 14.8. The standard InChI is InChI=1S/C20H21FN2O3S/c1-13-20(15(11-24)12-26-13,16-9-5-6-10-17(16)21)23-19(27)22-18(25)14-7-3-2-4-8-14/h2-10,13,15,24H,11-12H2,1H3,(H2,22,23,25,27)/t13-,15-,20+/m1/s1. The molecular formula is C20H21FN2O3S. The Kier molecular flexibility index (Phi) is 5.84. The van der Waals surface area contributed by atoms with E-state index in [2.05, 4.69) is 10.6 Å². The van der Waals surface area contributed by atoms with Crippen molar-refractivity contribution in [2.24, 2.45) is 5.92 Å².